The zero-order chi connectivity index (χ0) is 17.5. The van der Waals surface area contributed by atoms with E-state index in [2.05, 4.69) is 0 Å². The van der Waals surface area contributed by atoms with E-state index >= 15 is 0 Å². The van der Waals surface area contributed by atoms with E-state index in [4.69, 9.17) is 8.37 Å². The van der Waals surface area contributed by atoms with Crippen molar-refractivity contribution in [3.05, 3.63) is 44.8 Å². The molecule has 6 nitrogen and oxygen atoms in total. The molecule has 0 spiro atoms. The van der Waals surface area contributed by atoms with Crippen LogP contribution in [0.15, 0.2) is 35.0 Å². The minimum Gasteiger partial charge on any atom is -0.270 e. The highest BCUT2D eigenvalue weighted by molar-refractivity contribution is 7.86. The average Bonchev–Trinajstić information content (AvgIpc) is 3.15. The normalized spacial score (nSPS) is 12.5. The van der Waals surface area contributed by atoms with Crippen LogP contribution < -0.4 is 0 Å². The average molecular weight is 411 g/mol. The zero-order valence-electron chi connectivity index (χ0n) is 12.8. The molecular weight excluding hydrogens is 392 g/mol. The molecule has 134 valence electrons. The Balaban J connectivity index is 1.61. The van der Waals surface area contributed by atoms with Gasteiger partial charge in [-0.05, 0) is 35.7 Å². The third-order valence-electron chi connectivity index (χ3n) is 2.86. The fraction of sp³-hybridized carbons (Fsp3) is 0.429. The van der Waals surface area contributed by atoms with Crippen LogP contribution in [0.3, 0.4) is 0 Å². The van der Waals surface area contributed by atoms with E-state index in [1.807, 2.05) is 0 Å². The van der Waals surface area contributed by atoms with Crippen molar-refractivity contribution in [2.75, 3.05) is 13.2 Å². The van der Waals surface area contributed by atoms with E-state index in [1.165, 1.54) is 22.7 Å². The first kappa shape index (κ1) is 19.5. The Labute approximate surface area is 150 Å². The van der Waals surface area contributed by atoms with Crippen molar-refractivity contribution in [2.45, 2.75) is 24.3 Å². The number of hydrogen-bond donors (Lipinski definition) is 0. The van der Waals surface area contributed by atoms with Gasteiger partial charge >= 0.3 is 0 Å². The summed E-state index contributed by atoms with van der Waals surface area (Å²) in [6.45, 7) is 0.0318. The third kappa shape index (κ3) is 7.41. The smallest absolute Gasteiger partial charge is 0.270 e. The quantitative estimate of drug-likeness (QED) is 0.418. The minimum atomic E-state index is -3.60. The minimum absolute atomic E-state index is 0.0159. The van der Waals surface area contributed by atoms with Gasteiger partial charge in [0.2, 0.25) is 0 Å². The van der Waals surface area contributed by atoms with Gasteiger partial charge in [-0.25, -0.2) is 0 Å². The highest BCUT2D eigenvalue weighted by Crippen LogP contribution is 2.15. The Kier molecular flexibility index (Phi) is 7.38. The summed E-state index contributed by atoms with van der Waals surface area (Å²) in [7, 11) is -7.20. The maximum absolute atomic E-state index is 11.7. The number of hydrogen-bond acceptors (Lipinski definition) is 8. The predicted molar refractivity (Wildman–Crippen MR) is 95.0 cm³/mol. The lowest BCUT2D eigenvalue weighted by Gasteiger charge is -2.06. The summed E-state index contributed by atoms with van der Waals surface area (Å²) in [5.41, 5.74) is 0. The lowest BCUT2D eigenvalue weighted by molar-refractivity contribution is 0.270. The van der Waals surface area contributed by atoms with Gasteiger partial charge in [-0.1, -0.05) is 12.1 Å². The molecule has 0 saturated heterocycles. The highest BCUT2D eigenvalue weighted by atomic mass is 32.2. The summed E-state index contributed by atoms with van der Waals surface area (Å²) in [6, 6.07) is 7.03. The van der Waals surface area contributed by atoms with E-state index in [1.54, 1.807) is 35.0 Å². The standard InChI is InChI=1S/C14H18O6S4/c15-23(16,11-13-5-3-9-21-13)19-7-1-2-8-20-24(17,18)12-14-6-4-10-22-14/h3-6,9-10H,1-2,7-8,11-12H2. The monoisotopic (exact) mass is 410 g/mol. The van der Waals surface area contributed by atoms with Crippen LogP contribution in [-0.2, 0) is 40.1 Å². The zero-order valence-corrected chi connectivity index (χ0v) is 16.1. The van der Waals surface area contributed by atoms with Gasteiger partial charge < -0.3 is 0 Å². The van der Waals surface area contributed by atoms with Crippen molar-refractivity contribution in [3.8, 4) is 0 Å². The van der Waals surface area contributed by atoms with Crippen LogP contribution in [0.25, 0.3) is 0 Å². The third-order valence-corrected chi connectivity index (χ3v) is 7.36. The Bertz CT molecular complexity index is 721. The molecule has 0 amide bonds. The predicted octanol–water partition coefficient (Wildman–Crippen LogP) is 2.98. The molecule has 0 atom stereocenters. The summed E-state index contributed by atoms with van der Waals surface area (Å²) >= 11 is 2.71. The van der Waals surface area contributed by atoms with Gasteiger partial charge in [0.05, 0.1) is 13.2 Å². The van der Waals surface area contributed by atoms with Gasteiger partial charge in [-0.15, -0.1) is 22.7 Å². The molecule has 0 aromatic carbocycles. The fourth-order valence-corrected chi connectivity index (χ4v) is 5.99. The van der Waals surface area contributed by atoms with Gasteiger partial charge in [0, 0.05) is 9.75 Å². The van der Waals surface area contributed by atoms with E-state index in [-0.39, 0.29) is 24.7 Å². The molecule has 2 heterocycles. The Morgan fingerprint density at radius 3 is 1.50 bits per heavy atom. The molecule has 24 heavy (non-hydrogen) atoms. The van der Waals surface area contributed by atoms with Gasteiger partial charge in [-0.2, -0.15) is 16.8 Å². The first-order valence-electron chi connectivity index (χ1n) is 7.15. The van der Waals surface area contributed by atoms with Gasteiger partial charge in [0.15, 0.2) is 0 Å². The second-order valence-corrected chi connectivity index (χ2v) is 10.3. The van der Waals surface area contributed by atoms with Gasteiger partial charge in [-0.3, -0.25) is 8.37 Å². The van der Waals surface area contributed by atoms with E-state index in [0.29, 0.717) is 12.8 Å². The Hall–Kier alpha value is -0.780. The van der Waals surface area contributed by atoms with Crippen LogP contribution in [0.5, 0.6) is 0 Å². The van der Waals surface area contributed by atoms with Crippen LogP contribution >= 0.6 is 22.7 Å². The van der Waals surface area contributed by atoms with Gasteiger partial charge in [0.1, 0.15) is 11.5 Å². The molecule has 0 bridgehead atoms. The van der Waals surface area contributed by atoms with Crippen molar-refractivity contribution < 1.29 is 25.2 Å². The molecule has 0 radical (unpaired) electrons. The maximum Gasteiger partial charge on any atom is 0.272 e. The molecule has 2 rings (SSSR count). The highest BCUT2D eigenvalue weighted by Gasteiger charge is 2.14. The lowest BCUT2D eigenvalue weighted by Crippen LogP contribution is -2.11. The molecule has 10 heteroatoms. The summed E-state index contributed by atoms with van der Waals surface area (Å²) in [5.74, 6) is -0.285. The van der Waals surface area contributed by atoms with E-state index in [9.17, 15) is 16.8 Å². The number of rotatable bonds is 11. The van der Waals surface area contributed by atoms with Crippen molar-refractivity contribution in [2.24, 2.45) is 0 Å². The molecule has 0 aliphatic rings. The van der Waals surface area contributed by atoms with Gasteiger partial charge in [0.25, 0.3) is 20.2 Å². The van der Waals surface area contributed by atoms with Crippen molar-refractivity contribution in [3.63, 3.8) is 0 Å². The molecule has 0 aliphatic carbocycles. The fourth-order valence-electron chi connectivity index (χ4n) is 1.80. The number of unbranched alkanes of at least 4 members (excludes halogenated alkanes) is 1. The first-order valence-corrected chi connectivity index (χ1v) is 12.1. The summed E-state index contributed by atoms with van der Waals surface area (Å²) in [4.78, 5) is 1.44. The summed E-state index contributed by atoms with van der Waals surface area (Å²) in [5, 5.41) is 3.61. The largest absolute Gasteiger partial charge is 0.272 e. The summed E-state index contributed by atoms with van der Waals surface area (Å²) in [6.07, 6.45) is 0.802. The van der Waals surface area contributed by atoms with E-state index < -0.39 is 20.2 Å². The Morgan fingerprint density at radius 2 is 1.17 bits per heavy atom. The molecule has 2 aromatic heterocycles. The molecule has 0 N–H and O–H groups in total. The first-order chi connectivity index (χ1) is 11.4. The molecule has 2 aromatic rings. The Morgan fingerprint density at radius 1 is 0.750 bits per heavy atom. The van der Waals surface area contributed by atoms with Crippen LogP contribution in [0.1, 0.15) is 22.6 Å². The van der Waals surface area contributed by atoms with Crippen molar-refractivity contribution in [1.82, 2.24) is 0 Å². The number of thiophene rings is 2. The van der Waals surface area contributed by atoms with E-state index in [0.717, 1.165) is 9.75 Å². The SMILES string of the molecule is O=S(=O)(Cc1cccs1)OCCCCOS(=O)(=O)Cc1cccs1. The maximum atomic E-state index is 11.7. The molecular formula is C14H18O6S4. The topological polar surface area (TPSA) is 86.7 Å². The van der Waals surface area contributed by atoms with Crippen LogP contribution in [0, 0.1) is 0 Å². The van der Waals surface area contributed by atoms with Crippen LogP contribution in [-0.4, -0.2) is 30.0 Å². The second kappa shape index (κ2) is 9.07. The lowest BCUT2D eigenvalue weighted by atomic mass is 10.3. The second-order valence-electron chi connectivity index (χ2n) is 4.91. The van der Waals surface area contributed by atoms with Crippen molar-refractivity contribution >= 4 is 42.9 Å². The van der Waals surface area contributed by atoms with Crippen LogP contribution in [0.4, 0.5) is 0 Å². The van der Waals surface area contributed by atoms with Crippen LogP contribution in [0.2, 0.25) is 0 Å². The van der Waals surface area contributed by atoms with Crippen molar-refractivity contribution in [1.29, 1.82) is 0 Å². The molecule has 0 unspecified atom stereocenters. The summed E-state index contributed by atoms with van der Waals surface area (Å²) < 4.78 is 56.7. The molecule has 0 aliphatic heterocycles. The molecule has 0 saturated carbocycles. The molecule has 0 fully saturated rings.